The summed E-state index contributed by atoms with van der Waals surface area (Å²) in [7, 11) is 0. The summed E-state index contributed by atoms with van der Waals surface area (Å²) in [6.45, 7) is 1.09. The number of amides is 7. The summed E-state index contributed by atoms with van der Waals surface area (Å²) in [5.41, 5.74) is 2.69. The van der Waals surface area contributed by atoms with E-state index in [2.05, 4.69) is 31.0 Å². The molecule has 15 nitrogen and oxygen atoms in total. The van der Waals surface area contributed by atoms with Gasteiger partial charge in [0.25, 0.3) is 23.6 Å². The number of nitrogens with one attached hydrogen (secondary N) is 5. The van der Waals surface area contributed by atoms with E-state index in [1.807, 2.05) is 24.3 Å². The van der Waals surface area contributed by atoms with Crippen molar-refractivity contribution >= 4 is 85.9 Å². The molecule has 18 heteroatoms. The molecule has 3 aliphatic rings. The third kappa shape index (κ3) is 8.59. The molecule has 3 aliphatic heterocycles. The Labute approximate surface area is 339 Å². The summed E-state index contributed by atoms with van der Waals surface area (Å²) in [5, 5.41) is 15.3. The highest BCUT2D eigenvalue weighted by Gasteiger charge is 2.44. The van der Waals surface area contributed by atoms with Crippen LogP contribution in [0.2, 0.25) is 5.02 Å². The highest BCUT2D eigenvalue weighted by Crippen LogP contribution is 2.30. The zero-order valence-electron chi connectivity index (χ0n) is 30.7. The summed E-state index contributed by atoms with van der Waals surface area (Å²) >= 11 is 6.68. The number of nitrogens with zero attached hydrogens (tertiary/aromatic N) is 3. The number of anilines is 2. The van der Waals surface area contributed by atoms with Gasteiger partial charge in [0.2, 0.25) is 17.7 Å². The number of unbranched alkanes of at least 4 members (excludes halogenated alkanes) is 2. The molecule has 5 aromatic rings. The Balaban J connectivity index is 0.000000573. The molecule has 0 aliphatic carbocycles. The second-order valence-electron chi connectivity index (χ2n) is 13.6. The lowest BCUT2D eigenvalue weighted by Crippen LogP contribution is -2.54. The molecule has 58 heavy (non-hydrogen) atoms. The minimum Gasteiger partial charge on any atom is -0.385 e. The lowest BCUT2D eigenvalue weighted by molar-refractivity contribution is -0.136. The molecule has 1 unspecified atom stereocenters. The second-order valence-corrected chi connectivity index (χ2v) is 14.9. The van der Waals surface area contributed by atoms with Crippen LogP contribution in [0, 0.1) is 5.82 Å². The molecule has 1 atom stereocenters. The molecule has 0 radical (unpaired) electrons. The summed E-state index contributed by atoms with van der Waals surface area (Å²) in [6, 6.07) is 18.5. The number of carbonyl (C=O) groups is 7. The monoisotopic (exact) mass is 826 g/mol. The molecular weight excluding hydrogens is 791 g/mol. The molecule has 0 spiro atoms. The Morgan fingerprint density at radius 2 is 1.64 bits per heavy atom. The highest BCUT2D eigenvalue weighted by atomic mass is 35.5. The summed E-state index contributed by atoms with van der Waals surface area (Å²) in [4.78, 5) is 89.3. The fourth-order valence-electron chi connectivity index (χ4n) is 6.83. The first-order valence-electron chi connectivity index (χ1n) is 18.4. The third-order valence-corrected chi connectivity index (χ3v) is 10.8. The summed E-state index contributed by atoms with van der Waals surface area (Å²) < 4.78 is 18.8. The van der Waals surface area contributed by atoms with E-state index in [-0.39, 0.29) is 60.4 Å². The molecule has 2 aromatic heterocycles. The van der Waals surface area contributed by atoms with Crippen molar-refractivity contribution in [1.82, 2.24) is 29.8 Å². The fraction of sp³-hybridized carbons (Fsp3) is 0.250. The zero-order valence-corrected chi connectivity index (χ0v) is 32.3. The van der Waals surface area contributed by atoms with Gasteiger partial charge in [-0.3, -0.25) is 43.8 Å². The van der Waals surface area contributed by atoms with Gasteiger partial charge in [-0.15, -0.1) is 0 Å². The molecule has 298 valence electrons. The minimum atomic E-state index is -1.02. The van der Waals surface area contributed by atoms with Gasteiger partial charge < -0.3 is 25.8 Å². The number of fused-ring (bicyclic) bond motifs is 3. The molecule has 7 amide bonds. The van der Waals surface area contributed by atoms with Gasteiger partial charge >= 0.3 is 0 Å². The lowest BCUT2D eigenvalue weighted by Gasteiger charge is -2.27. The Morgan fingerprint density at radius 1 is 0.879 bits per heavy atom. The molecule has 0 saturated carbocycles. The predicted octanol–water partition coefficient (Wildman–Crippen LogP) is 4.87. The Kier molecular flexibility index (Phi) is 11.9. The van der Waals surface area contributed by atoms with Crippen LogP contribution in [0.4, 0.5) is 15.8 Å². The maximum absolute atomic E-state index is 13.2. The number of carbonyl (C=O) groups excluding carboxylic acids is 7. The predicted molar refractivity (Wildman–Crippen MR) is 213 cm³/mol. The average molecular weight is 827 g/mol. The first kappa shape index (κ1) is 39.8. The average Bonchev–Trinajstić information content (AvgIpc) is 3.87. The standard InChI is InChI=1S/C34H32N8O7S.C6H4ClF/c43-27-11-10-23(31(46)39-27)42-33(48)19-9-8-18(14-21(19)34(42)49)35-12-4-1-5-13-36-30(45)24-15-22(25-16-37-28(44)17-41(24)25)38-32(47)29-20-6-2-3-7-26(20)50-40-29;7-5-1-3-6(8)4-2-5/h2-3,6-9,14-15,23,35H,1,4-5,10-13,16-17H2,(H,36,45)(H,37,44)(H,38,47)(H,39,43,46);1-4H. The SMILES string of the molecule is Fc1ccc(Cl)cc1.O=C1Cn2c(C(=O)NCCCCCNc3ccc4c(c3)C(=O)N(C3CCC(=O)NC3=O)C4=O)cc(NC(=O)c3nsc4ccccc34)c2CN1. The van der Waals surface area contributed by atoms with Crippen molar-refractivity contribution in [3.05, 3.63) is 112 Å². The van der Waals surface area contributed by atoms with Gasteiger partial charge in [0.1, 0.15) is 29.8 Å². The van der Waals surface area contributed by atoms with Gasteiger partial charge in [-0.2, -0.15) is 4.37 Å². The van der Waals surface area contributed by atoms with Gasteiger partial charge in [0.15, 0.2) is 0 Å². The second kappa shape index (κ2) is 17.4. The van der Waals surface area contributed by atoms with Crippen LogP contribution in [0.1, 0.15) is 79.5 Å². The molecule has 5 N–H and O–H groups in total. The van der Waals surface area contributed by atoms with Gasteiger partial charge in [-0.25, -0.2) is 4.39 Å². The van der Waals surface area contributed by atoms with E-state index in [9.17, 15) is 38.0 Å². The van der Waals surface area contributed by atoms with Crippen LogP contribution < -0.4 is 26.6 Å². The molecular formula is C40H36ClFN8O7S. The normalized spacial score (nSPS) is 15.9. The van der Waals surface area contributed by atoms with Crippen LogP contribution >= 0.6 is 23.1 Å². The Hall–Kier alpha value is -6.46. The van der Waals surface area contributed by atoms with Crippen LogP contribution in [0.25, 0.3) is 10.1 Å². The van der Waals surface area contributed by atoms with Crippen molar-refractivity contribution in [2.24, 2.45) is 0 Å². The number of benzene rings is 3. The number of hydrogen-bond donors (Lipinski definition) is 5. The smallest absolute Gasteiger partial charge is 0.276 e. The van der Waals surface area contributed by atoms with Crippen molar-refractivity contribution in [2.45, 2.75) is 51.2 Å². The van der Waals surface area contributed by atoms with Crippen molar-refractivity contribution in [3.8, 4) is 0 Å². The van der Waals surface area contributed by atoms with E-state index < -0.39 is 35.6 Å². The lowest BCUT2D eigenvalue weighted by atomic mass is 10.0. The van der Waals surface area contributed by atoms with Gasteiger partial charge in [-0.05, 0) is 91.8 Å². The zero-order chi connectivity index (χ0) is 40.9. The van der Waals surface area contributed by atoms with Crippen LogP contribution in [-0.2, 0) is 27.5 Å². The molecule has 8 rings (SSSR count). The van der Waals surface area contributed by atoms with E-state index in [0.29, 0.717) is 47.3 Å². The number of hydrogen-bond acceptors (Lipinski definition) is 10. The minimum absolute atomic E-state index is 0.0450. The van der Waals surface area contributed by atoms with Gasteiger partial charge in [0.05, 0.1) is 33.8 Å². The number of halogens is 2. The number of aromatic nitrogens is 2. The molecule has 0 bridgehead atoms. The molecule has 3 aromatic carbocycles. The van der Waals surface area contributed by atoms with Crippen molar-refractivity contribution in [2.75, 3.05) is 23.7 Å². The van der Waals surface area contributed by atoms with E-state index in [0.717, 1.165) is 27.8 Å². The Morgan fingerprint density at radius 3 is 2.41 bits per heavy atom. The molecule has 5 heterocycles. The molecule has 1 fully saturated rings. The van der Waals surface area contributed by atoms with E-state index in [4.69, 9.17) is 11.6 Å². The van der Waals surface area contributed by atoms with Crippen LogP contribution in [0.5, 0.6) is 0 Å². The van der Waals surface area contributed by atoms with Crippen LogP contribution in [0.3, 0.4) is 0 Å². The van der Waals surface area contributed by atoms with E-state index >= 15 is 0 Å². The maximum atomic E-state index is 13.2. The number of rotatable bonds is 11. The van der Waals surface area contributed by atoms with Crippen LogP contribution in [-0.4, -0.2) is 74.3 Å². The summed E-state index contributed by atoms with van der Waals surface area (Å²) in [5.74, 6) is -3.44. The summed E-state index contributed by atoms with van der Waals surface area (Å²) in [6.07, 6.45) is 2.36. The first-order valence-corrected chi connectivity index (χ1v) is 19.6. The topological polar surface area (TPSA) is 201 Å². The highest BCUT2D eigenvalue weighted by molar-refractivity contribution is 7.13. The van der Waals surface area contributed by atoms with Gasteiger partial charge in [-0.1, -0.05) is 29.8 Å². The van der Waals surface area contributed by atoms with E-state index in [1.54, 1.807) is 28.8 Å². The third-order valence-electron chi connectivity index (χ3n) is 9.75. The number of imide groups is 2. The maximum Gasteiger partial charge on any atom is 0.276 e. The van der Waals surface area contributed by atoms with Crippen molar-refractivity contribution < 1.29 is 38.0 Å². The quantitative estimate of drug-likeness (QED) is 0.0910. The fourth-order valence-corrected chi connectivity index (χ4v) is 7.73. The van der Waals surface area contributed by atoms with Crippen molar-refractivity contribution in [1.29, 1.82) is 0 Å². The van der Waals surface area contributed by atoms with Crippen molar-refractivity contribution in [3.63, 3.8) is 0 Å². The Bertz CT molecular complexity index is 2450. The number of piperidine rings is 1. The molecule has 1 saturated heterocycles. The largest absolute Gasteiger partial charge is 0.385 e. The van der Waals surface area contributed by atoms with Crippen LogP contribution in [0.15, 0.2) is 72.8 Å². The van der Waals surface area contributed by atoms with E-state index in [1.165, 1.54) is 35.8 Å². The first-order chi connectivity index (χ1) is 28.0. The van der Waals surface area contributed by atoms with Gasteiger partial charge in [0, 0.05) is 35.6 Å².